The first-order chi connectivity index (χ1) is 9.20. The Morgan fingerprint density at radius 2 is 2.00 bits per heavy atom. The van der Waals surface area contributed by atoms with Crippen LogP contribution in [0.1, 0.15) is 53.2 Å². The number of aryl methyl sites for hydroxylation is 2. The molecule has 0 fully saturated rings. The van der Waals surface area contributed by atoms with Gasteiger partial charge in [-0.05, 0) is 13.8 Å². The van der Waals surface area contributed by atoms with Crippen LogP contribution in [0, 0.1) is 13.8 Å². The number of Topliss-reactive ketones (excluding diaryl/α,β-unsaturated/α-hetero) is 1. The molecule has 108 valence electrons. The zero-order valence-electron chi connectivity index (χ0n) is 12.9. The third-order valence-electron chi connectivity index (χ3n) is 3.42. The van der Waals surface area contributed by atoms with Gasteiger partial charge in [-0.25, -0.2) is 4.98 Å². The third-order valence-corrected chi connectivity index (χ3v) is 4.27. The predicted molar refractivity (Wildman–Crippen MR) is 81.5 cm³/mol. The Kier molecular flexibility index (Phi) is 3.82. The molecule has 0 atom stereocenters. The standard InChI is InChI=1S/C15H21N3OS/c1-9-14(10(2)18(6)17-9)11(19)7-13-16-12(8-20-13)15(3,4)5/h8H,7H2,1-6H3. The van der Waals surface area contributed by atoms with Gasteiger partial charge in [-0.3, -0.25) is 9.48 Å². The van der Waals surface area contributed by atoms with Gasteiger partial charge in [0.2, 0.25) is 0 Å². The van der Waals surface area contributed by atoms with Gasteiger partial charge in [0.05, 0.1) is 23.4 Å². The van der Waals surface area contributed by atoms with Gasteiger partial charge in [-0.1, -0.05) is 20.8 Å². The minimum absolute atomic E-state index is 0.0257. The number of ketones is 1. The number of rotatable bonds is 3. The van der Waals surface area contributed by atoms with E-state index < -0.39 is 0 Å². The second-order valence-corrected chi connectivity index (χ2v) is 7.09. The molecule has 0 unspecified atom stereocenters. The van der Waals surface area contributed by atoms with E-state index in [9.17, 15) is 4.79 Å². The van der Waals surface area contributed by atoms with Crippen LogP contribution in [-0.2, 0) is 18.9 Å². The van der Waals surface area contributed by atoms with E-state index in [1.165, 1.54) is 0 Å². The van der Waals surface area contributed by atoms with Gasteiger partial charge < -0.3 is 0 Å². The van der Waals surface area contributed by atoms with Crippen LogP contribution in [0.3, 0.4) is 0 Å². The summed E-state index contributed by atoms with van der Waals surface area (Å²) in [5.41, 5.74) is 3.52. The molecule has 0 radical (unpaired) electrons. The van der Waals surface area contributed by atoms with Gasteiger partial charge in [0.1, 0.15) is 5.01 Å². The largest absolute Gasteiger partial charge is 0.294 e. The van der Waals surface area contributed by atoms with E-state index in [1.54, 1.807) is 16.0 Å². The lowest BCUT2D eigenvalue weighted by Crippen LogP contribution is -2.12. The van der Waals surface area contributed by atoms with Gasteiger partial charge in [-0.2, -0.15) is 5.10 Å². The maximum absolute atomic E-state index is 12.4. The molecule has 2 heterocycles. The summed E-state index contributed by atoms with van der Waals surface area (Å²) in [5, 5.41) is 7.22. The van der Waals surface area contributed by atoms with E-state index in [2.05, 4.69) is 30.9 Å². The molecular formula is C15H21N3OS. The van der Waals surface area contributed by atoms with Gasteiger partial charge in [0.15, 0.2) is 5.78 Å². The van der Waals surface area contributed by atoms with E-state index in [0.29, 0.717) is 6.42 Å². The Balaban J connectivity index is 2.22. The molecule has 0 aliphatic heterocycles. The Bertz CT molecular complexity index is 647. The predicted octanol–water partition coefficient (Wildman–Crippen LogP) is 3.22. The summed E-state index contributed by atoms with van der Waals surface area (Å²) in [6.07, 6.45) is 0.355. The Labute approximate surface area is 123 Å². The molecule has 0 aliphatic carbocycles. The number of hydrogen-bond donors (Lipinski definition) is 0. The zero-order chi connectivity index (χ0) is 15.1. The van der Waals surface area contributed by atoms with Crippen LogP contribution >= 0.6 is 11.3 Å². The molecule has 4 nitrogen and oxygen atoms in total. The van der Waals surface area contributed by atoms with Gasteiger partial charge >= 0.3 is 0 Å². The van der Waals surface area contributed by atoms with E-state index in [0.717, 1.165) is 27.7 Å². The van der Waals surface area contributed by atoms with Gasteiger partial charge in [0, 0.05) is 23.5 Å². The van der Waals surface area contributed by atoms with Crippen molar-refractivity contribution in [2.45, 2.75) is 46.5 Å². The molecule has 0 saturated carbocycles. The molecule has 0 spiro atoms. The van der Waals surface area contributed by atoms with Gasteiger partial charge in [-0.15, -0.1) is 11.3 Å². The summed E-state index contributed by atoms with van der Waals surface area (Å²) in [6.45, 7) is 10.2. The highest BCUT2D eigenvalue weighted by molar-refractivity contribution is 7.09. The monoisotopic (exact) mass is 291 g/mol. The molecule has 0 aromatic carbocycles. The molecule has 0 aliphatic rings. The molecule has 0 amide bonds. The van der Waals surface area contributed by atoms with Crippen molar-refractivity contribution >= 4 is 17.1 Å². The smallest absolute Gasteiger partial charge is 0.173 e. The minimum Gasteiger partial charge on any atom is -0.294 e. The summed E-state index contributed by atoms with van der Waals surface area (Å²) < 4.78 is 1.75. The van der Waals surface area contributed by atoms with Crippen molar-refractivity contribution in [3.8, 4) is 0 Å². The summed E-state index contributed by atoms with van der Waals surface area (Å²) >= 11 is 1.56. The van der Waals surface area contributed by atoms with Crippen LogP contribution < -0.4 is 0 Å². The highest BCUT2D eigenvalue weighted by Gasteiger charge is 2.21. The average molecular weight is 291 g/mol. The first-order valence-corrected chi connectivity index (χ1v) is 7.56. The Morgan fingerprint density at radius 3 is 2.45 bits per heavy atom. The lowest BCUT2D eigenvalue weighted by atomic mass is 9.93. The SMILES string of the molecule is Cc1nn(C)c(C)c1C(=O)Cc1nc(C(C)(C)C)cs1. The highest BCUT2D eigenvalue weighted by atomic mass is 32.1. The first-order valence-electron chi connectivity index (χ1n) is 6.68. The van der Waals surface area contributed by atoms with Crippen molar-refractivity contribution in [2.24, 2.45) is 7.05 Å². The molecule has 5 heteroatoms. The van der Waals surface area contributed by atoms with Crippen LogP contribution in [-0.4, -0.2) is 20.5 Å². The number of carbonyl (C=O) groups is 1. The minimum atomic E-state index is 0.0257. The number of carbonyl (C=O) groups excluding carboxylic acids is 1. The quantitative estimate of drug-likeness (QED) is 0.816. The number of aromatic nitrogens is 3. The Morgan fingerprint density at radius 1 is 1.35 bits per heavy atom. The molecule has 2 aromatic heterocycles. The maximum Gasteiger partial charge on any atom is 0.173 e. The van der Waals surface area contributed by atoms with E-state index in [-0.39, 0.29) is 11.2 Å². The molecule has 0 saturated heterocycles. The van der Waals surface area contributed by atoms with Crippen LogP contribution in [0.15, 0.2) is 5.38 Å². The normalized spacial score (nSPS) is 11.9. The fraction of sp³-hybridized carbons (Fsp3) is 0.533. The molecule has 20 heavy (non-hydrogen) atoms. The van der Waals surface area contributed by atoms with Crippen molar-refractivity contribution in [1.82, 2.24) is 14.8 Å². The van der Waals surface area contributed by atoms with E-state index in [4.69, 9.17) is 0 Å². The summed E-state index contributed by atoms with van der Waals surface area (Å²) in [5.74, 6) is 0.0999. The van der Waals surface area contributed by atoms with E-state index in [1.807, 2.05) is 26.3 Å². The average Bonchev–Trinajstić information content (AvgIpc) is 2.85. The first kappa shape index (κ1) is 14.9. The lowest BCUT2D eigenvalue weighted by molar-refractivity contribution is 0.0991. The molecule has 0 N–H and O–H groups in total. The number of nitrogens with zero attached hydrogens (tertiary/aromatic N) is 3. The molecule has 0 bridgehead atoms. The lowest BCUT2D eigenvalue weighted by Gasteiger charge is -2.14. The van der Waals surface area contributed by atoms with Gasteiger partial charge in [0.25, 0.3) is 0 Å². The topological polar surface area (TPSA) is 47.8 Å². The summed E-state index contributed by atoms with van der Waals surface area (Å²) in [4.78, 5) is 17.0. The van der Waals surface area contributed by atoms with Crippen LogP contribution in [0.2, 0.25) is 0 Å². The molecular weight excluding hydrogens is 270 g/mol. The van der Waals surface area contributed by atoms with E-state index >= 15 is 0 Å². The van der Waals surface area contributed by atoms with Crippen molar-refractivity contribution in [3.05, 3.63) is 33.0 Å². The zero-order valence-corrected chi connectivity index (χ0v) is 13.8. The second-order valence-electron chi connectivity index (χ2n) is 6.15. The van der Waals surface area contributed by atoms with Crippen molar-refractivity contribution < 1.29 is 4.79 Å². The van der Waals surface area contributed by atoms with Crippen LogP contribution in [0.5, 0.6) is 0 Å². The molecule has 2 aromatic rings. The van der Waals surface area contributed by atoms with Crippen molar-refractivity contribution in [3.63, 3.8) is 0 Å². The molecule has 2 rings (SSSR count). The highest BCUT2D eigenvalue weighted by Crippen LogP contribution is 2.25. The third kappa shape index (κ3) is 2.82. The maximum atomic E-state index is 12.4. The summed E-state index contributed by atoms with van der Waals surface area (Å²) in [6, 6.07) is 0. The van der Waals surface area contributed by atoms with Crippen LogP contribution in [0.25, 0.3) is 0 Å². The van der Waals surface area contributed by atoms with Crippen LogP contribution in [0.4, 0.5) is 0 Å². The fourth-order valence-corrected chi connectivity index (χ4v) is 3.16. The van der Waals surface area contributed by atoms with Crippen molar-refractivity contribution in [2.75, 3.05) is 0 Å². The Hall–Kier alpha value is -1.49. The number of hydrogen-bond acceptors (Lipinski definition) is 4. The van der Waals surface area contributed by atoms with Crippen molar-refractivity contribution in [1.29, 1.82) is 0 Å². The summed E-state index contributed by atoms with van der Waals surface area (Å²) in [7, 11) is 1.86. The number of thiazole rings is 1. The fourth-order valence-electron chi connectivity index (χ4n) is 2.14. The second kappa shape index (κ2) is 5.13.